The summed E-state index contributed by atoms with van der Waals surface area (Å²) in [7, 11) is 1.38. The SMILES string of the molecule is COc1ccc(Oc2nc[nH]c(=O)c2Cl)c([N+](=O)[O-])c1. The molecule has 8 nitrogen and oxygen atoms in total. The van der Waals surface area contributed by atoms with Crippen LogP contribution in [0.4, 0.5) is 5.69 Å². The van der Waals surface area contributed by atoms with E-state index in [0.717, 1.165) is 6.33 Å². The molecule has 0 saturated carbocycles. The van der Waals surface area contributed by atoms with Crippen LogP contribution in [0.1, 0.15) is 0 Å². The molecule has 0 bridgehead atoms. The minimum absolute atomic E-state index is 0.101. The van der Waals surface area contributed by atoms with Gasteiger partial charge in [0.2, 0.25) is 11.6 Å². The maximum absolute atomic E-state index is 11.3. The van der Waals surface area contributed by atoms with E-state index in [1.807, 2.05) is 0 Å². The number of benzene rings is 1. The highest BCUT2D eigenvalue weighted by atomic mass is 35.5. The number of rotatable bonds is 4. The van der Waals surface area contributed by atoms with E-state index >= 15 is 0 Å². The molecule has 2 rings (SSSR count). The molecule has 2 aromatic rings. The molecule has 0 fully saturated rings. The van der Waals surface area contributed by atoms with E-state index in [1.165, 1.54) is 25.3 Å². The average molecular weight is 298 g/mol. The molecule has 0 radical (unpaired) electrons. The van der Waals surface area contributed by atoms with Gasteiger partial charge in [-0.2, -0.15) is 0 Å². The van der Waals surface area contributed by atoms with Gasteiger partial charge in [0.25, 0.3) is 5.56 Å². The van der Waals surface area contributed by atoms with Gasteiger partial charge in [-0.25, -0.2) is 4.98 Å². The monoisotopic (exact) mass is 297 g/mol. The van der Waals surface area contributed by atoms with E-state index in [-0.39, 0.29) is 22.3 Å². The van der Waals surface area contributed by atoms with Gasteiger partial charge in [0.15, 0.2) is 5.02 Å². The molecular formula is C11H8ClN3O5. The number of ether oxygens (including phenoxy) is 2. The third-order valence-electron chi connectivity index (χ3n) is 2.33. The smallest absolute Gasteiger partial charge is 0.315 e. The summed E-state index contributed by atoms with van der Waals surface area (Å²) in [6.45, 7) is 0. The summed E-state index contributed by atoms with van der Waals surface area (Å²) in [5, 5.41) is 10.7. The topological polar surface area (TPSA) is 107 Å². The van der Waals surface area contributed by atoms with Crippen LogP contribution in [-0.4, -0.2) is 22.0 Å². The molecule has 0 aliphatic rings. The van der Waals surface area contributed by atoms with Crippen molar-refractivity contribution < 1.29 is 14.4 Å². The van der Waals surface area contributed by atoms with Gasteiger partial charge in [-0.1, -0.05) is 11.6 Å². The fourth-order valence-corrected chi connectivity index (χ4v) is 1.54. The van der Waals surface area contributed by atoms with Crippen molar-refractivity contribution in [3.8, 4) is 17.4 Å². The van der Waals surface area contributed by atoms with Crippen LogP contribution in [0.2, 0.25) is 5.02 Å². The molecule has 1 aromatic carbocycles. The van der Waals surface area contributed by atoms with E-state index < -0.39 is 10.5 Å². The van der Waals surface area contributed by atoms with Crippen molar-refractivity contribution in [2.75, 3.05) is 7.11 Å². The van der Waals surface area contributed by atoms with Gasteiger partial charge in [0, 0.05) is 0 Å². The first kappa shape index (κ1) is 13.8. The zero-order valence-corrected chi connectivity index (χ0v) is 10.9. The molecular weight excluding hydrogens is 290 g/mol. The average Bonchev–Trinajstić information content (AvgIpc) is 2.44. The Morgan fingerprint density at radius 3 is 2.85 bits per heavy atom. The first-order valence-electron chi connectivity index (χ1n) is 5.26. The fraction of sp³-hybridized carbons (Fsp3) is 0.0909. The molecule has 1 N–H and O–H groups in total. The van der Waals surface area contributed by atoms with Crippen molar-refractivity contribution in [1.82, 2.24) is 9.97 Å². The minimum Gasteiger partial charge on any atom is -0.496 e. The van der Waals surface area contributed by atoms with Crippen LogP contribution in [0, 0.1) is 10.1 Å². The lowest BCUT2D eigenvalue weighted by Gasteiger charge is -2.07. The molecule has 0 aliphatic carbocycles. The number of nitro benzene ring substituents is 1. The Morgan fingerprint density at radius 2 is 2.20 bits per heavy atom. The standard InChI is InChI=1S/C11H8ClN3O5/c1-19-6-2-3-8(7(4-6)15(17)18)20-11-9(12)10(16)13-5-14-11/h2-5H,1H3,(H,13,14,16). The zero-order chi connectivity index (χ0) is 14.7. The summed E-state index contributed by atoms with van der Waals surface area (Å²) in [4.78, 5) is 27.6. The van der Waals surface area contributed by atoms with Crippen LogP contribution in [0.15, 0.2) is 29.3 Å². The summed E-state index contributed by atoms with van der Waals surface area (Å²) in [6.07, 6.45) is 1.08. The highest BCUT2D eigenvalue weighted by Crippen LogP contribution is 2.34. The summed E-state index contributed by atoms with van der Waals surface area (Å²) in [5.74, 6) is -0.0199. The fourth-order valence-electron chi connectivity index (χ4n) is 1.40. The number of aromatic nitrogens is 2. The predicted octanol–water partition coefficient (Wildman–Crippen LogP) is 2.13. The largest absolute Gasteiger partial charge is 0.496 e. The molecule has 0 spiro atoms. The van der Waals surface area contributed by atoms with Gasteiger partial charge >= 0.3 is 5.69 Å². The second-order valence-electron chi connectivity index (χ2n) is 3.54. The van der Waals surface area contributed by atoms with Crippen molar-refractivity contribution in [1.29, 1.82) is 0 Å². The summed E-state index contributed by atoms with van der Waals surface area (Å²) in [6, 6.07) is 4.00. The third-order valence-corrected chi connectivity index (χ3v) is 2.67. The second-order valence-corrected chi connectivity index (χ2v) is 3.92. The molecule has 9 heteroatoms. The van der Waals surface area contributed by atoms with E-state index in [4.69, 9.17) is 21.1 Å². The van der Waals surface area contributed by atoms with Crippen LogP contribution < -0.4 is 15.0 Å². The summed E-state index contributed by atoms with van der Waals surface area (Å²) in [5.41, 5.74) is -0.935. The first-order valence-corrected chi connectivity index (χ1v) is 5.64. The third kappa shape index (κ3) is 2.69. The lowest BCUT2D eigenvalue weighted by Crippen LogP contribution is -2.08. The molecule has 0 atom stereocenters. The Hall–Kier alpha value is -2.61. The number of nitrogens with one attached hydrogen (secondary N) is 1. The molecule has 0 amide bonds. The number of halogens is 1. The van der Waals surface area contributed by atoms with Crippen LogP contribution in [0.25, 0.3) is 0 Å². The number of methoxy groups -OCH3 is 1. The summed E-state index contributed by atoms with van der Waals surface area (Å²) >= 11 is 5.71. The van der Waals surface area contributed by atoms with Gasteiger partial charge in [0.05, 0.1) is 24.4 Å². The number of hydrogen-bond acceptors (Lipinski definition) is 6. The van der Waals surface area contributed by atoms with E-state index in [1.54, 1.807) is 0 Å². The number of nitro groups is 1. The number of H-pyrrole nitrogens is 1. The van der Waals surface area contributed by atoms with E-state index in [0.29, 0.717) is 5.75 Å². The van der Waals surface area contributed by atoms with Crippen LogP contribution >= 0.6 is 11.6 Å². The highest BCUT2D eigenvalue weighted by Gasteiger charge is 2.19. The maximum Gasteiger partial charge on any atom is 0.315 e. The molecule has 0 unspecified atom stereocenters. The first-order chi connectivity index (χ1) is 9.52. The van der Waals surface area contributed by atoms with Crippen LogP contribution in [0.5, 0.6) is 17.4 Å². The molecule has 104 valence electrons. The molecule has 0 aliphatic heterocycles. The van der Waals surface area contributed by atoms with Gasteiger partial charge < -0.3 is 14.5 Å². The number of nitrogens with zero attached hydrogens (tertiary/aromatic N) is 2. The Balaban J connectivity index is 2.45. The quantitative estimate of drug-likeness (QED) is 0.684. The zero-order valence-electron chi connectivity index (χ0n) is 10.1. The van der Waals surface area contributed by atoms with Crippen molar-refractivity contribution in [2.45, 2.75) is 0 Å². The normalized spacial score (nSPS) is 10.1. The molecule has 0 saturated heterocycles. The Bertz CT molecular complexity index is 715. The van der Waals surface area contributed by atoms with E-state index in [9.17, 15) is 14.9 Å². The van der Waals surface area contributed by atoms with Crippen molar-refractivity contribution in [3.05, 3.63) is 50.0 Å². The predicted molar refractivity (Wildman–Crippen MR) is 69.6 cm³/mol. The Kier molecular flexibility index (Phi) is 3.85. The number of hydrogen-bond donors (Lipinski definition) is 1. The second kappa shape index (κ2) is 5.57. The van der Waals surface area contributed by atoms with E-state index in [2.05, 4.69) is 9.97 Å². The van der Waals surface area contributed by atoms with Gasteiger partial charge in [-0.3, -0.25) is 14.9 Å². The van der Waals surface area contributed by atoms with Crippen molar-refractivity contribution in [3.63, 3.8) is 0 Å². The molecule has 1 heterocycles. The Morgan fingerprint density at radius 1 is 1.45 bits per heavy atom. The lowest BCUT2D eigenvalue weighted by molar-refractivity contribution is -0.385. The molecule has 20 heavy (non-hydrogen) atoms. The van der Waals surface area contributed by atoms with Crippen molar-refractivity contribution >= 4 is 17.3 Å². The maximum atomic E-state index is 11.3. The van der Waals surface area contributed by atoms with Gasteiger partial charge in [-0.05, 0) is 12.1 Å². The number of aromatic amines is 1. The Labute approximate surface area is 117 Å². The summed E-state index contributed by atoms with van der Waals surface area (Å²) < 4.78 is 10.1. The lowest BCUT2D eigenvalue weighted by atomic mass is 10.3. The van der Waals surface area contributed by atoms with Crippen LogP contribution in [0.3, 0.4) is 0 Å². The van der Waals surface area contributed by atoms with Gasteiger partial charge in [0.1, 0.15) is 5.75 Å². The van der Waals surface area contributed by atoms with Gasteiger partial charge in [-0.15, -0.1) is 0 Å². The highest BCUT2D eigenvalue weighted by molar-refractivity contribution is 6.31. The molecule has 1 aromatic heterocycles. The van der Waals surface area contributed by atoms with Crippen molar-refractivity contribution in [2.24, 2.45) is 0 Å². The minimum atomic E-state index is -0.640. The van der Waals surface area contributed by atoms with Crippen LogP contribution in [-0.2, 0) is 0 Å².